The molecule has 156 valence electrons. The van der Waals surface area contributed by atoms with E-state index in [9.17, 15) is 4.79 Å². The van der Waals surface area contributed by atoms with Gasteiger partial charge >= 0.3 is 0 Å². The van der Waals surface area contributed by atoms with E-state index in [1.165, 1.54) is 5.69 Å². The SMILES string of the molecule is CC(C)NC(=O)c1cccc(-c2cc(-c3ccc(N4CCN(C)CC4)cc3)n[nH]2)n1. The fourth-order valence-electron chi connectivity index (χ4n) is 3.56. The number of nitrogens with zero attached hydrogens (tertiary/aromatic N) is 4. The molecule has 1 fully saturated rings. The molecule has 7 nitrogen and oxygen atoms in total. The van der Waals surface area contributed by atoms with Gasteiger partial charge in [-0.2, -0.15) is 5.10 Å². The molecule has 0 unspecified atom stereocenters. The third-order valence-electron chi connectivity index (χ3n) is 5.29. The van der Waals surface area contributed by atoms with Crippen LogP contribution in [0.2, 0.25) is 0 Å². The molecule has 1 aliphatic heterocycles. The Balaban J connectivity index is 1.50. The van der Waals surface area contributed by atoms with Gasteiger partial charge < -0.3 is 15.1 Å². The summed E-state index contributed by atoms with van der Waals surface area (Å²) in [6.45, 7) is 8.14. The summed E-state index contributed by atoms with van der Waals surface area (Å²) in [7, 11) is 2.16. The Morgan fingerprint density at radius 2 is 1.77 bits per heavy atom. The molecule has 1 saturated heterocycles. The fourth-order valence-corrected chi connectivity index (χ4v) is 3.56. The quantitative estimate of drug-likeness (QED) is 0.684. The average molecular weight is 405 g/mol. The van der Waals surface area contributed by atoms with Gasteiger partial charge in [-0.25, -0.2) is 4.98 Å². The molecule has 30 heavy (non-hydrogen) atoms. The van der Waals surface area contributed by atoms with Crippen molar-refractivity contribution in [1.29, 1.82) is 0 Å². The maximum Gasteiger partial charge on any atom is 0.270 e. The molecule has 0 bridgehead atoms. The molecule has 1 aromatic carbocycles. The summed E-state index contributed by atoms with van der Waals surface area (Å²) >= 11 is 0. The monoisotopic (exact) mass is 404 g/mol. The van der Waals surface area contributed by atoms with E-state index in [2.05, 4.69) is 61.6 Å². The van der Waals surface area contributed by atoms with Crippen molar-refractivity contribution in [2.75, 3.05) is 38.1 Å². The largest absolute Gasteiger partial charge is 0.369 e. The second-order valence-corrected chi connectivity index (χ2v) is 8.04. The number of pyridine rings is 1. The topological polar surface area (TPSA) is 77.2 Å². The van der Waals surface area contributed by atoms with Crippen molar-refractivity contribution < 1.29 is 4.79 Å². The lowest BCUT2D eigenvalue weighted by molar-refractivity contribution is 0.0938. The normalized spacial score (nSPS) is 14.9. The highest BCUT2D eigenvalue weighted by Crippen LogP contribution is 2.25. The Labute approximate surface area is 177 Å². The van der Waals surface area contributed by atoms with Crippen LogP contribution in [0.1, 0.15) is 24.3 Å². The maximum absolute atomic E-state index is 12.2. The number of rotatable bonds is 5. The molecule has 2 aromatic heterocycles. The van der Waals surface area contributed by atoms with Crippen LogP contribution < -0.4 is 10.2 Å². The van der Waals surface area contributed by atoms with Crippen molar-refractivity contribution in [2.24, 2.45) is 0 Å². The maximum atomic E-state index is 12.2. The van der Waals surface area contributed by atoms with E-state index in [0.29, 0.717) is 11.4 Å². The van der Waals surface area contributed by atoms with Crippen LogP contribution in [0.3, 0.4) is 0 Å². The number of anilines is 1. The third-order valence-corrected chi connectivity index (χ3v) is 5.29. The molecule has 0 saturated carbocycles. The number of hydrogen-bond acceptors (Lipinski definition) is 5. The lowest BCUT2D eigenvalue weighted by Gasteiger charge is -2.34. The first-order valence-electron chi connectivity index (χ1n) is 10.4. The molecular weight excluding hydrogens is 376 g/mol. The molecule has 7 heteroatoms. The average Bonchev–Trinajstić information content (AvgIpc) is 3.24. The van der Waals surface area contributed by atoms with E-state index in [-0.39, 0.29) is 11.9 Å². The summed E-state index contributed by atoms with van der Waals surface area (Å²) < 4.78 is 0. The van der Waals surface area contributed by atoms with E-state index in [0.717, 1.165) is 43.1 Å². The Morgan fingerprint density at radius 3 is 2.47 bits per heavy atom. The smallest absolute Gasteiger partial charge is 0.270 e. The van der Waals surface area contributed by atoms with Crippen LogP contribution in [0, 0.1) is 0 Å². The lowest BCUT2D eigenvalue weighted by atomic mass is 10.1. The number of carbonyl (C=O) groups excluding carboxylic acids is 1. The molecule has 0 radical (unpaired) electrons. The highest BCUT2D eigenvalue weighted by Gasteiger charge is 2.15. The zero-order chi connectivity index (χ0) is 21.1. The molecule has 2 N–H and O–H groups in total. The van der Waals surface area contributed by atoms with Crippen LogP contribution in [0.25, 0.3) is 22.6 Å². The number of aromatic nitrogens is 3. The van der Waals surface area contributed by atoms with E-state index in [1.807, 2.05) is 32.0 Å². The number of aromatic amines is 1. The fraction of sp³-hybridized carbons (Fsp3) is 0.348. The molecule has 0 spiro atoms. The molecular formula is C23H28N6O. The minimum absolute atomic E-state index is 0.0653. The summed E-state index contributed by atoms with van der Waals surface area (Å²) in [6, 6.07) is 16.0. The molecule has 3 aromatic rings. The predicted molar refractivity (Wildman–Crippen MR) is 120 cm³/mol. The van der Waals surface area contributed by atoms with E-state index >= 15 is 0 Å². The second kappa shape index (κ2) is 8.67. The Hall–Kier alpha value is -3.19. The summed E-state index contributed by atoms with van der Waals surface area (Å²) in [5, 5.41) is 10.4. The van der Waals surface area contributed by atoms with Gasteiger partial charge in [-0.15, -0.1) is 0 Å². The second-order valence-electron chi connectivity index (χ2n) is 8.04. The van der Waals surface area contributed by atoms with Crippen molar-refractivity contribution in [3.63, 3.8) is 0 Å². The van der Waals surface area contributed by atoms with Gasteiger partial charge in [0.1, 0.15) is 5.69 Å². The minimum Gasteiger partial charge on any atom is -0.369 e. The zero-order valence-corrected chi connectivity index (χ0v) is 17.7. The van der Waals surface area contributed by atoms with Crippen LogP contribution in [0.4, 0.5) is 5.69 Å². The van der Waals surface area contributed by atoms with Crippen LogP contribution in [0.15, 0.2) is 48.5 Å². The first-order chi connectivity index (χ1) is 14.5. The number of H-pyrrole nitrogens is 1. The summed E-state index contributed by atoms with van der Waals surface area (Å²) in [6.07, 6.45) is 0. The number of likely N-dealkylation sites (N-methyl/N-ethyl adjacent to an activating group) is 1. The van der Waals surface area contributed by atoms with Crippen molar-refractivity contribution in [3.05, 3.63) is 54.2 Å². The van der Waals surface area contributed by atoms with Gasteiger partial charge in [0.2, 0.25) is 0 Å². The number of hydrogen-bond donors (Lipinski definition) is 2. The van der Waals surface area contributed by atoms with Gasteiger partial charge in [0.15, 0.2) is 0 Å². The van der Waals surface area contributed by atoms with Gasteiger partial charge in [0.25, 0.3) is 5.91 Å². The number of benzene rings is 1. The molecule has 1 aliphatic rings. The molecule has 4 rings (SSSR count). The summed E-state index contributed by atoms with van der Waals surface area (Å²) in [4.78, 5) is 21.5. The Morgan fingerprint density at radius 1 is 1.03 bits per heavy atom. The number of piperazine rings is 1. The van der Waals surface area contributed by atoms with E-state index in [1.54, 1.807) is 6.07 Å². The van der Waals surface area contributed by atoms with Crippen LogP contribution in [0.5, 0.6) is 0 Å². The zero-order valence-electron chi connectivity index (χ0n) is 17.7. The third kappa shape index (κ3) is 4.52. The number of amides is 1. The van der Waals surface area contributed by atoms with Gasteiger partial charge in [0, 0.05) is 43.5 Å². The summed E-state index contributed by atoms with van der Waals surface area (Å²) in [5.74, 6) is -0.175. The molecule has 1 amide bonds. The highest BCUT2D eigenvalue weighted by atomic mass is 16.1. The first-order valence-corrected chi connectivity index (χ1v) is 10.4. The van der Waals surface area contributed by atoms with Gasteiger partial charge in [-0.1, -0.05) is 18.2 Å². The van der Waals surface area contributed by atoms with E-state index < -0.39 is 0 Å². The number of carbonyl (C=O) groups is 1. The predicted octanol–water partition coefficient (Wildman–Crippen LogP) is 3.03. The van der Waals surface area contributed by atoms with Gasteiger partial charge in [0.05, 0.1) is 17.1 Å². The lowest BCUT2D eigenvalue weighted by Crippen LogP contribution is -2.44. The highest BCUT2D eigenvalue weighted by molar-refractivity contribution is 5.92. The van der Waals surface area contributed by atoms with Crippen molar-refractivity contribution in [2.45, 2.75) is 19.9 Å². The molecule has 0 aliphatic carbocycles. The minimum atomic E-state index is -0.175. The van der Waals surface area contributed by atoms with Crippen LogP contribution in [-0.4, -0.2) is 65.3 Å². The van der Waals surface area contributed by atoms with Crippen molar-refractivity contribution in [1.82, 2.24) is 25.4 Å². The number of nitrogens with one attached hydrogen (secondary N) is 2. The first kappa shape index (κ1) is 20.1. The van der Waals surface area contributed by atoms with E-state index in [4.69, 9.17) is 0 Å². The van der Waals surface area contributed by atoms with Gasteiger partial charge in [-0.3, -0.25) is 9.89 Å². The molecule has 3 heterocycles. The summed E-state index contributed by atoms with van der Waals surface area (Å²) in [5.41, 5.74) is 5.02. The molecule has 0 atom stereocenters. The van der Waals surface area contributed by atoms with Crippen molar-refractivity contribution in [3.8, 4) is 22.6 Å². The van der Waals surface area contributed by atoms with Crippen LogP contribution in [-0.2, 0) is 0 Å². The van der Waals surface area contributed by atoms with Crippen molar-refractivity contribution >= 4 is 11.6 Å². The standard InChI is InChI=1S/C23H28N6O/c1-16(2)24-23(30)20-6-4-5-19(25-20)22-15-21(26-27-22)17-7-9-18(10-8-17)29-13-11-28(3)12-14-29/h4-10,15-16H,11-14H2,1-3H3,(H,24,30)(H,26,27). The van der Waals surface area contributed by atoms with Crippen LogP contribution >= 0.6 is 0 Å². The Kier molecular flexibility index (Phi) is 5.81. The Bertz CT molecular complexity index is 1000. The van der Waals surface area contributed by atoms with Gasteiger partial charge in [-0.05, 0) is 51.2 Å².